The van der Waals surface area contributed by atoms with Crippen LogP contribution in [-0.2, 0) is 4.79 Å². The van der Waals surface area contributed by atoms with Crippen molar-refractivity contribution in [3.63, 3.8) is 0 Å². The molecule has 0 saturated heterocycles. The quantitative estimate of drug-likeness (QED) is 0.754. The molecule has 0 unspecified atom stereocenters. The zero-order valence-corrected chi connectivity index (χ0v) is 16.4. The topological polar surface area (TPSA) is 57.5 Å². The zero-order chi connectivity index (χ0) is 18.2. The summed E-state index contributed by atoms with van der Waals surface area (Å²) in [5.74, 6) is 2.53. The molecule has 0 heterocycles. The highest BCUT2D eigenvalue weighted by Crippen LogP contribution is 2.69. The fraction of sp³-hybridized carbons (Fsp3) is 0.955. The maximum Gasteiger partial charge on any atom is 0.162 e. The lowest BCUT2D eigenvalue weighted by Crippen LogP contribution is -2.59. The van der Waals surface area contributed by atoms with Gasteiger partial charge in [-0.15, -0.1) is 0 Å². The maximum absolute atomic E-state index is 12.4. The predicted molar refractivity (Wildman–Crippen MR) is 97.9 cm³/mol. The van der Waals surface area contributed by atoms with Gasteiger partial charge in [0.25, 0.3) is 0 Å². The Balaban J connectivity index is 1.67. The molecule has 0 spiro atoms. The van der Waals surface area contributed by atoms with Gasteiger partial charge in [-0.2, -0.15) is 0 Å². The summed E-state index contributed by atoms with van der Waals surface area (Å²) in [6, 6.07) is 0. The summed E-state index contributed by atoms with van der Waals surface area (Å²) in [7, 11) is 0. The number of rotatable bonds is 1. The van der Waals surface area contributed by atoms with E-state index in [-0.39, 0.29) is 23.2 Å². The average molecular weight is 349 g/mol. The van der Waals surface area contributed by atoms with Gasteiger partial charge in [-0.1, -0.05) is 20.8 Å². The molecule has 0 aromatic heterocycles. The minimum atomic E-state index is -1.14. The lowest BCUT2D eigenvalue weighted by atomic mass is 9.44. The van der Waals surface area contributed by atoms with E-state index in [0.717, 1.165) is 38.5 Å². The second-order valence-corrected chi connectivity index (χ2v) is 10.5. The summed E-state index contributed by atoms with van der Waals surface area (Å²) in [4.78, 5) is 12.4. The number of aliphatic hydroxyl groups is 2. The van der Waals surface area contributed by atoms with Crippen molar-refractivity contribution in [3.8, 4) is 0 Å². The summed E-state index contributed by atoms with van der Waals surface area (Å²) in [5.41, 5.74) is -1.04. The Morgan fingerprint density at radius 3 is 2.40 bits per heavy atom. The number of carbonyl (C=O) groups is 1. The van der Waals surface area contributed by atoms with Gasteiger partial charge in [0.1, 0.15) is 5.60 Å². The van der Waals surface area contributed by atoms with Crippen molar-refractivity contribution in [1.82, 2.24) is 0 Å². The summed E-state index contributed by atoms with van der Waals surface area (Å²) in [6.45, 7) is 8.37. The first-order valence-electron chi connectivity index (χ1n) is 10.6. The highest BCUT2D eigenvalue weighted by Gasteiger charge is 2.68. The van der Waals surface area contributed by atoms with E-state index in [1.165, 1.54) is 12.8 Å². The molecule has 3 nitrogen and oxygen atoms in total. The molecular formula is C22H36O3. The van der Waals surface area contributed by atoms with Crippen LogP contribution in [0.15, 0.2) is 0 Å². The van der Waals surface area contributed by atoms with Crippen LogP contribution >= 0.6 is 0 Å². The number of carbonyl (C=O) groups excluding carboxylic acids is 1. The first-order chi connectivity index (χ1) is 11.6. The van der Waals surface area contributed by atoms with Crippen LogP contribution in [0.25, 0.3) is 0 Å². The molecule has 3 heteroatoms. The van der Waals surface area contributed by atoms with Crippen LogP contribution in [-0.4, -0.2) is 27.7 Å². The summed E-state index contributed by atoms with van der Waals surface area (Å²) in [5, 5.41) is 21.6. The Morgan fingerprint density at radius 1 is 1.00 bits per heavy atom. The number of aliphatic hydroxyl groups excluding tert-OH is 1. The Hall–Kier alpha value is -0.410. The van der Waals surface area contributed by atoms with Gasteiger partial charge in [0, 0.05) is 5.41 Å². The van der Waals surface area contributed by atoms with Gasteiger partial charge < -0.3 is 10.2 Å². The summed E-state index contributed by atoms with van der Waals surface area (Å²) >= 11 is 0. The smallest absolute Gasteiger partial charge is 0.162 e. The van der Waals surface area contributed by atoms with Gasteiger partial charge in [0.2, 0.25) is 0 Å². The Morgan fingerprint density at radius 2 is 1.72 bits per heavy atom. The fourth-order valence-electron chi connectivity index (χ4n) is 8.33. The van der Waals surface area contributed by atoms with Gasteiger partial charge in [0.15, 0.2) is 5.78 Å². The maximum atomic E-state index is 12.4. The molecule has 9 atom stereocenters. The Kier molecular flexibility index (Phi) is 3.99. The van der Waals surface area contributed by atoms with E-state index >= 15 is 0 Å². The van der Waals surface area contributed by atoms with Crippen molar-refractivity contribution in [1.29, 1.82) is 0 Å². The van der Waals surface area contributed by atoms with Gasteiger partial charge in [-0.3, -0.25) is 4.79 Å². The van der Waals surface area contributed by atoms with E-state index in [1.54, 1.807) is 6.92 Å². The van der Waals surface area contributed by atoms with E-state index in [2.05, 4.69) is 20.8 Å². The molecule has 0 amide bonds. The van der Waals surface area contributed by atoms with Crippen molar-refractivity contribution < 1.29 is 15.0 Å². The third-order valence-corrected chi connectivity index (χ3v) is 9.76. The third kappa shape index (κ3) is 2.15. The first-order valence-corrected chi connectivity index (χ1v) is 10.6. The molecule has 4 fully saturated rings. The van der Waals surface area contributed by atoms with E-state index in [4.69, 9.17) is 0 Å². The number of ketones is 1. The number of hydrogen-bond acceptors (Lipinski definition) is 3. The highest BCUT2D eigenvalue weighted by molar-refractivity contribution is 5.86. The number of Topliss-reactive ketones (excluding diaryl/α,β-unsaturated/α-hetero) is 1. The Bertz CT molecular complexity index is 574. The monoisotopic (exact) mass is 348 g/mol. The molecular weight excluding hydrogens is 312 g/mol. The van der Waals surface area contributed by atoms with Crippen molar-refractivity contribution in [2.24, 2.45) is 40.4 Å². The van der Waals surface area contributed by atoms with Gasteiger partial charge in [-0.25, -0.2) is 0 Å². The van der Waals surface area contributed by atoms with Gasteiger partial charge in [0.05, 0.1) is 6.10 Å². The summed E-state index contributed by atoms with van der Waals surface area (Å²) in [6.07, 6.45) is 8.53. The molecule has 0 aliphatic heterocycles. The van der Waals surface area contributed by atoms with E-state index < -0.39 is 5.60 Å². The Labute approximate surface area is 152 Å². The van der Waals surface area contributed by atoms with Crippen LogP contribution < -0.4 is 0 Å². The molecule has 142 valence electrons. The largest absolute Gasteiger partial charge is 0.393 e. The summed E-state index contributed by atoms with van der Waals surface area (Å²) < 4.78 is 0. The van der Waals surface area contributed by atoms with Crippen LogP contribution in [0.4, 0.5) is 0 Å². The molecule has 0 bridgehead atoms. The minimum absolute atomic E-state index is 0.0239. The van der Waals surface area contributed by atoms with Crippen LogP contribution in [0, 0.1) is 40.4 Å². The van der Waals surface area contributed by atoms with Gasteiger partial charge in [-0.05, 0) is 93.3 Å². The second-order valence-electron chi connectivity index (χ2n) is 10.5. The normalized spacial score (nSPS) is 58.2. The molecule has 0 radical (unpaired) electrons. The van der Waals surface area contributed by atoms with E-state index in [9.17, 15) is 15.0 Å². The lowest BCUT2D eigenvalue weighted by Gasteiger charge is -2.61. The van der Waals surface area contributed by atoms with Crippen LogP contribution in [0.2, 0.25) is 0 Å². The van der Waals surface area contributed by atoms with Crippen molar-refractivity contribution in [2.75, 3.05) is 0 Å². The molecule has 0 aromatic rings. The van der Waals surface area contributed by atoms with Crippen molar-refractivity contribution in [3.05, 3.63) is 0 Å². The molecule has 4 rings (SSSR count). The van der Waals surface area contributed by atoms with Crippen LogP contribution in [0.3, 0.4) is 0 Å². The van der Waals surface area contributed by atoms with Crippen molar-refractivity contribution in [2.45, 2.75) is 90.8 Å². The van der Waals surface area contributed by atoms with Gasteiger partial charge >= 0.3 is 0 Å². The average Bonchev–Trinajstić information content (AvgIpc) is 2.77. The third-order valence-electron chi connectivity index (χ3n) is 9.76. The van der Waals surface area contributed by atoms with Crippen molar-refractivity contribution >= 4 is 5.78 Å². The molecule has 4 aliphatic carbocycles. The van der Waals surface area contributed by atoms with E-state index in [0.29, 0.717) is 29.1 Å². The molecule has 0 aromatic carbocycles. The SMILES string of the molecule is CC(=O)[C@]1(O)[C@H](C)C[C@@H]2[C@@H]3CC[C@@H]4C[C@H](O)CC[C@]4(C)[C@@H]3CC[C@@]21C. The predicted octanol–water partition coefficient (Wildman–Crippen LogP) is 3.96. The minimum Gasteiger partial charge on any atom is -0.393 e. The zero-order valence-electron chi connectivity index (χ0n) is 16.4. The first kappa shape index (κ1) is 18.0. The lowest BCUT2D eigenvalue weighted by molar-refractivity contribution is -0.175. The second kappa shape index (κ2) is 5.55. The fourth-order valence-corrected chi connectivity index (χ4v) is 8.33. The highest BCUT2D eigenvalue weighted by atomic mass is 16.3. The number of hydrogen-bond donors (Lipinski definition) is 2. The van der Waals surface area contributed by atoms with Crippen LogP contribution in [0.5, 0.6) is 0 Å². The number of fused-ring (bicyclic) bond motifs is 5. The van der Waals surface area contributed by atoms with E-state index in [1.807, 2.05) is 0 Å². The van der Waals surface area contributed by atoms with Crippen LogP contribution in [0.1, 0.15) is 79.1 Å². The molecule has 4 aliphatic rings. The molecule has 25 heavy (non-hydrogen) atoms. The standard InChI is InChI=1S/C22H36O3/c1-13-11-19-17-6-5-15-12-16(24)7-9-20(15,3)18(17)8-10-21(19,4)22(13,25)14(2)23/h13,15-19,24-25H,5-12H2,1-4H3/t13-,15-,16-,17-,18-,19-,20+,21+,22-/m1/s1. The molecule has 4 saturated carbocycles. The molecule has 2 N–H and O–H groups in total.